The zero-order valence-electron chi connectivity index (χ0n) is 18.1. The lowest BCUT2D eigenvalue weighted by molar-refractivity contribution is 0.0697. The fourth-order valence-corrected chi connectivity index (χ4v) is 2.74. The molecule has 0 atom stereocenters. The molecule has 150 valence electrons. The van der Waals surface area contributed by atoms with Gasteiger partial charge in [-0.25, -0.2) is 4.79 Å². The minimum atomic E-state index is -0.936. The van der Waals surface area contributed by atoms with Gasteiger partial charge in [-0.1, -0.05) is 55.9 Å². The second-order valence-corrected chi connectivity index (χ2v) is 7.31. The molecule has 0 aliphatic carbocycles. The summed E-state index contributed by atoms with van der Waals surface area (Å²) in [5, 5.41) is 9.41. The normalized spacial score (nSPS) is 11.8. The van der Waals surface area contributed by atoms with Crippen LogP contribution in [-0.4, -0.2) is 11.1 Å². The lowest BCUT2D eigenvalue weighted by atomic mass is 10.0. The highest BCUT2D eigenvalue weighted by molar-refractivity contribution is 5.89. The Morgan fingerprint density at radius 3 is 2.18 bits per heavy atom. The molecule has 0 saturated carbocycles. The summed E-state index contributed by atoms with van der Waals surface area (Å²) in [6.07, 6.45) is 5.94. The molecule has 1 N–H and O–H groups in total. The number of hydrogen-bond acceptors (Lipinski definition) is 2. The van der Waals surface area contributed by atoms with Gasteiger partial charge in [0.2, 0.25) is 0 Å². The van der Waals surface area contributed by atoms with Crippen LogP contribution in [0.3, 0.4) is 0 Å². The maximum absolute atomic E-state index is 11.5. The van der Waals surface area contributed by atoms with Gasteiger partial charge < -0.3 is 10.0 Å². The second kappa shape index (κ2) is 10.5. The van der Waals surface area contributed by atoms with Gasteiger partial charge in [0.1, 0.15) is 0 Å². The number of allylic oxidation sites excluding steroid dienone is 7. The van der Waals surface area contributed by atoms with Crippen LogP contribution in [0, 0.1) is 0 Å². The van der Waals surface area contributed by atoms with Crippen molar-refractivity contribution in [2.24, 2.45) is 0 Å². The maximum atomic E-state index is 11.5. The van der Waals surface area contributed by atoms with Gasteiger partial charge in [-0.15, -0.1) is 0 Å². The molecule has 0 aromatic heterocycles. The number of carboxylic acids is 1. The summed E-state index contributed by atoms with van der Waals surface area (Å²) >= 11 is 0. The van der Waals surface area contributed by atoms with Crippen molar-refractivity contribution in [2.75, 3.05) is 4.90 Å². The number of carbonyl (C=O) groups is 1. The van der Waals surface area contributed by atoms with Crippen molar-refractivity contribution in [3.05, 3.63) is 88.8 Å². The molecule has 3 nitrogen and oxygen atoms in total. The summed E-state index contributed by atoms with van der Waals surface area (Å²) in [6, 6.07) is 7.01. The van der Waals surface area contributed by atoms with Crippen molar-refractivity contribution in [2.45, 2.75) is 54.4 Å². The Bertz CT molecular complexity index is 849. The van der Waals surface area contributed by atoms with Gasteiger partial charge >= 0.3 is 5.97 Å². The Morgan fingerprint density at radius 1 is 1.07 bits per heavy atom. The first-order valence-electron chi connectivity index (χ1n) is 9.60. The third kappa shape index (κ3) is 6.12. The van der Waals surface area contributed by atoms with Gasteiger partial charge in [0.25, 0.3) is 0 Å². The van der Waals surface area contributed by atoms with E-state index in [1.807, 2.05) is 39.0 Å². The number of benzene rings is 1. The largest absolute Gasteiger partial charge is 0.478 e. The van der Waals surface area contributed by atoms with Crippen LogP contribution in [0.5, 0.6) is 0 Å². The molecule has 28 heavy (non-hydrogen) atoms. The molecular weight excluding hydrogens is 346 g/mol. The molecule has 0 spiro atoms. The summed E-state index contributed by atoms with van der Waals surface area (Å²) < 4.78 is 0. The molecule has 1 rings (SSSR count). The zero-order chi connectivity index (χ0) is 21.4. The van der Waals surface area contributed by atoms with Gasteiger partial charge in [-0.3, -0.25) is 0 Å². The molecule has 0 unspecified atom stereocenters. The smallest absolute Gasteiger partial charge is 0.335 e. The number of aromatic carboxylic acids is 1. The molecule has 1 aromatic carbocycles. The Labute approximate surface area is 170 Å². The highest BCUT2D eigenvalue weighted by atomic mass is 16.4. The van der Waals surface area contributed by atoms with Crippen LogP contribution in [0.4, 0.5) is 5.69 Å². The zero-order valence-corrected chi connectivity index (χ0v) is 18.1. The third-order valence-electron chi connectivity index (χ3n) is 4.67. The summed E-state index contributed by atoms with van der Waals surface area (Å²) in [4.78, 5) is 13.6. The lowest BCUT2D eigenvalue weighted by Crippen LogP contribution is -2.23. The van der Waals surface area contributed by atoms with Crippen molar-refractivity contribution in [1.82, 2.24) is 0 Å². The fourth-order valence-electron chi connectivity index (χ4n) is 2.74. The van der Waals surface area contributed by atoms with E-state index < -0.39 is 5.97 Å². The molecule has 0 saturated heterocycles. The predicted octanol–water partition coefficient (Wildman–Crippen LogP) is 7.27. The van der Waals surface area contributed by atoms with E-state index in [4.69, 9.17) is 0 Å². The minimum Gasteiger partial charge on any atom is -0.478 e. The van der Waals surface area contributed by atoms with E-state index in [-0.39, 0.29) is 5.56 Å². The van der Waals surface area contributed by atoms with Crippen LogP contribution < -0.4 is 4.90 Å². The van der Waals surface area contributed by atoms with E-state index in [0.29, 0.717) is 0 Å². The first-order valence-corrected chi connectivity index (χ1v) is 9.60. The van der Waals surface area contributed by atoms with Gasteiger partial charge in [-0.2, -0.15) is 0 Å². The Kier molecular flexibility index (Phi) is 8.72. The van der Waals surface area contributed by atoms with E-state index in [2.05, 4.69) is 38.8 Å². The van der Waals surface area contributed by atoms with Crippen LogP contribution in [0.15, 0.2) is 83.3 Å². The van der Waals surface area contributed by atoms with Crippen molar-refractivity contribution < 1.29 is 9.90 Å². The average molecular weight is 380 g/mol. The number of rotatable bonds is 9. The van der Waals surface area contributed by atoms with Gasteiger partial charge in [0.15, 0.2) is 0 Å². The van der Waals surface area contributed by atoms with E-state index in [1.165, 1.54) is 5.57 Å². The first kappa shape index (κ1) is 23.2. The van der Waals surface area contributed by atoms with Crippen LogP contribution in [0.1, 0.15) is 64.7 Å². The highest BCUT2D eigenvalue weighted by Gasteiger charge is 2.18. The molecule has 1 aromatic rings. The van der Waals surface area contributed by atoms with Gasteiger partial charge in [0.05, 0.1) is 5.56 Å². The Balaban J connectivity index is 3.53. The molecule has 0 aliphatic heterocycles. The summed E-state index contributed by atoms with van der Waals surface area (Å²) in [5.41, 5.74) is 7.38. The predicted molar refractivity (Wildman–Crippen MR) is 121 cm³/mol. The van der Waals surface area contributed by atoms with Gasteiger partial charge in [0, 0.05) is 17.1 Å². The number of anilines is 1. The first-order chi connectivity index (χ1) is 13.1. The number of hydrogen-bond donors (Lipinski definition) is 1. The molecule has 0 radical (unpaired) electrons. The Hall–Kier alpha value is -2.81. The van der Waals surface area contributed by atoms with Crippen molar-refractivity contribution in [3.8, 4) is 0 Å². The molecule has 0 heterocycles. The van der Waals surface area contributed by atoms with Gasteiger partial charge in [-0.05, 0) is 70.4 Å². The molecular formula is C25H33NO2. The van der Waals surface area contributed by atoms with Crippen molar-refractivity contribution >= 4 is 11.7 Å². The fraction of sp³-hybridized carbons (Fsp3) is 0.320. The summed E-state index contributed by atoms with van der Waals surface area (Å²) in [6.45, 7) is 20.6. The molecule has 0 bridgehead atoms. The van der Waals surface area contributed by atoms with E-state index in [9.17, 15) is 9.90 Å². The topological polar surface area (TPSA) is 40.5 Å². The summed E-state index contributed by atoms with van der Waals surface area (Å²) in [7, 11) is 0. The Morgan fingerprint density at radius 2 is 1.68 bits per heavy atom. The van der Waals surface area contributed by atoms with E-state index >= 15 is 0 Å². The number of carboxylic acid groups (broad SMARTS) is 1. The highest BCUT2D eigenvalue weighted by Crippen LogP contribution is 2.32. The average Bonchev–Trinajstić information content (AvgIpc) is 2.65. The van der Waals surface area contributed by atoms with Crippen LogP contribution in [0.2, 0.25) is 0 Å². The standard InChI is InChI=1S/C25H33NO2/c1-9-11-24(18(4)5)26(23-13-10-12-22(16-23)25(27)28)21(8)20(7)15-14-19(6)17(2)3/h10,12-16H,2,8-9,11H2,1,3-7H3,(H,27,28)/b19-14+,20-15+. The third-order valence-corrected chi connectivity index (χ3v) is 4.67. The van der Waals surface area contributed by atoms with Crippen molar-refractivity contribution in [1.29, 1.82) is 0 Å². The second-order valence-electron chi connectivity index (χ2n) is 7.31. The minimum absolute atomic E-state index is 0.263. The van der Waals surface area contributed by atoms with Crippen LogP contribution >= 0.6 is 0 Å². The van der Waals surface area contributed by atoms with Crippen molar-refractivity contribution in [3.63, 3.8) is 0 Å². The molecule has 3 heteroatoms. The lowest BCUT2D eigenvalue weighted by Gasteiger charge is -2.31. The number of nitrogens with zero attached hydrogens (tertiary/aromatic N) is 1. The maximum Gasteiger partial charge on any atom is 0.335 e. The summed E-state index contributed by atoms with van der Waals surface area (Å²) in [5.74, 6) is -0.936. The quantitative estimate of drug-likeness (QED) is 0.459. The monoisotopic (exact) mass is 379 g/mol. The SMILES string of the molecule is C=C(C)/C(C)=C/C=C(\C)C(=C)N(C(CCC)=C(C)C)c1cccc(C(=O)O)c1. The molecule has 0 fully saturated rings. The molecule has 0 aliphatic rings. The van der Waals surface area contributed by atoms with Crippen LogP contribution in [-0.2, 0) is 0 Å². The van der Waals surface area contributed by atoms with E-state index in [0.717, 1.165) is 46.6 Å². The molecule has 0 amide bonds. The van der Waals surface area contributed by atoms with Crippen LogP contribution in [0.25, 0.3) is 0 Å². The van der Waals surface area contributed by atoms with E-state index in [1.54, 1.807) is 18.2 Å².